The SMILES string of the molecule is C=C(C)C(=O)OC(C)CCOCCOC(=O)c1cc2cc(OC)c(OC)cc2c2c1C=CC(c1ccccc1)(c1ccccc1)O2. The molecule has 5 rings (SSSR count). The fraction of sp³-hybridized carbons (Fsp3) is 0.263. The van der Waals surface area contributed by atoms with E-state index in [4.69, 9.17) is 28.4 Å². The van der Waals surface area contributed by atoms with Gasteiger partial charge in [0.15, 0.2) is 17.1 Å². The molecule has 0 fully saturated rings. The average molecular weight is 623 g/mol. The van der Waals surface area contributed by atoms with Crippen molar-refractivity contribution in [3.05, 3.63) is 119 Å². The first kappa shape index (κ1) is 32.3. The Morgan fingerprint density at radius 3 is 2.11 bits per heavy atom. The Balaban J connectivity index is 1.44. The molecule has 1 aliphatic rings. The molecule has 1 atom stereocenters. The first-order valence-corrected chi connectivity index (χ1v) is 15.1. The molecular formula is C38H38O8. The van der Waals surface area contributed by atoms with Crippen LogP contribution < -0.4 is 14.2 Å². The van der Waals surface area contributed by atoms with Crippen molar-refractivity contribution >= 4 is 28.8 Å². The number of benzene rings is 4. The highest BCUT2D eigenvalue weighted by atomic mass is 16.6. The molecule has 0 N–H and O–H groups in total. The lowest BCUT2D eigenvalue weighted by molar-refractivity contribution is -0.144. The first-order chi connectivity index (χ1) is 22.3. The van der Waals surface area contributed by atoms with Gasteiger partial charge in [-0.15, -0.1) is 0 Å². The highest BCUT2D eigenvalue weighted by Gasteiger charge is 2.39. The van der Waals surface area contributed by atoms with E-state index < -0.39 is 17.5 Å². The zero-order chi connectivity index (χ0) is 32.7. The van der Waals surface area contributed by atoms with Crippen molar-refractivity contribution in [1.29, 1.82) is 0 Å². The van der Waals surface area contributed by atoms with Crippen LogP contribution in [0, 0.1) is 0 Å². The second-order valence-corrected chi connectivity index (χ2v) is 11.0. The molecule has 1 unspecified atom stereocenters. The molecule has 4 aromatic carbocycles. The van der Waals surface area contributed by atoms with Gasteiger partial charge in [-0.25, -0.2) is 9.59 Å². The minimum absolute atomic E-state index is 0.0417. The van der Waals surface area contributed by atoms with Gasteiger partial charge in [0.2, 0.25) is 0 Å². The van der Waals surface area contributed by atoms with Crippen molar-refractivity contribution in [2.75, 3.05) is 34.0 Å². The van der Waals surface area contributed by atoms with E-state index in [1.807, 2.05) is 84.9 Å². The van der Waals surface area contributed by atoms with Gasteiger partial charge in [-0.1, -0.05) is 67.2 Å². The van der Waals surface area contributed by atoms with Gasteiger partial charge in [0.05, 0.1) is 33.0 Å². The third-order valence-corrected chi connectivity index (χ3v) is 7.79. The van der Waals surface area contributed by atoms with Crippen molar-refractivity contribution in [2.24, 2.45) is 0 Å². The predicted molar refractivity (Wildman–Crippen MR) is 176 cm³/mol. The van der Waals surface area contributed by atoms with Gasteiger partial charge in [0, 0.05) is 34.1 Å². The van der Waals surface area contributed by atoms with Crippen LogP contribution in [0.5, 0.6) is 17.2 Å². The number of esters is 2. The second-order valence-electron chi connectivity index (χ2n) is 11.0. The summed E-state index contributed by atoms with van der Waals surface area (Å²) in [5.41, 5.74) is 2.21. The van der Waals surface area contributed by atoms with E-state index in [0.29, 0.717) is 47.0 Å². The minimum atomic E-state index is -0.957. The maximum Gasteiger partial charge on any atom is 0.338 e. The Hall–Kier alpha value is -5.08. The van der Waals surface area contributed by atoms with Crippen LogP contribution in [0.3, 0.4) is 0 Å². The highest BCUT2D eigenvalue weighted by Crippen LogP contribution is 2.48. The van der Waals surface area contributed by atoms with Crippen molar-refractivity contribution in [3.8, 4) is 17.2 Å². The van der Waals surface area contributed by atoms with E-state index in [0.717, 1.165) is 21.9 Å². The highest BCUT2D eigenvalue weighted by molar-refractivity contribution is 6.04. The Morgan fingerprint density at radius 1 is 0.870 bits per heavy atom. The summed E-state index contributed by atoms with van der Waals surface area (Å²) in [5.74, 6) is 0.640. The van der Waals surface area contributed by atoms with Crippen LogP contribution in [-0.4, -0.2) is 52.1 Å². The number of hydrogen-bond acceptors (Lipinski definition) is 8. The molecule has 46 heavy (non-hydrogen) atoms. The number of carbonyl (C=O) groups excluding carboxylic acids is 2. The molecule has 0 aromatic heterocycles. The van der Waals surface area contributed by atoms with Gasteiger partial charge < -0.3 is 28.4 Å². The molecule has 0 radical (unpaired) electrons. The number of rotatable bonds is 13. The molecule has 4 aromatic rings. The van der Waals surface area contributed by atoms with Crippen LogP contribution in [-0.2, 0) is 24.6 Å². The standard InChI is InChI=1S/C38H38O8/c1-25(2)36(39)45-26(3)17-19-43-20-21-44-37(40)32-22-27-23-33(41-4)34(42-5)24-31(27)35-30(32)16-18-38(46-35,28-12-8-6-9-13-28)29-14-10-7-11-15-29/h6-16,18,22-24,26H,1,17,19-21H2,2-5H3. The van der Waals surface area contributed by atoms with E-state index in [2.05, 4.69) is 6.58 Å². The van der Waals surface area contributed by atoms with E-state index in [1.54, 1.807) is 34.1 Å². The summed E-state index contributed by atoms with van der Waals surface area (Å²) in [4.78, 5) is 25.3. The van der Waals surface area contributed by atoms with E-state index in [9.17, 15) is 9.59 Å². The van der Waals surface area contributed by atoms with Gasteiger partial charge in [0.1, 0.15) is 18.5 Å². The molecule has 0 saturated carbocycles. The zero-order valence-electron chi connectivity index (χ0n) is 26.5. The Morgan fingerprint density at radius 2 is 1.50 bits per heavy atom. The second kappa shape index (κ2) is 14.3. The molecule has 8 heteroatoms. The molecular weight excluding hydrogens is 584 g/mol. The van der Waals surface area contributed by atoms with Gasteiger partial charge in [0.25, 0.3) is 0 Å². The predicted octanol–water partition coefficient (Wildman–Crippen LogP) is 7.28. The van der Waals surface area contributed by atoms with E-state index in [1.165, 1.54) is 0 Å². The fourth-order valence-corrected chi connectivity index (χ4v) is 5.36. The average Bonchev–Trinajstić information content (AvgIpc) is 3.09. The summed E-state index contributed by atoms with van der Waals surface area (Å²) in [6, 6.07) is 25.4. The molecule has 0 bridgehead atoms. The molecule has 8 nitrogen and oxygen atoms in total. The lowest BCUT2D eigenvalue weighted by Crippen LogP contribution is -2.34. The third-order valence-electron chi connectivity index (χ3n) is 7.79. The third kappa shape index (κ3) is 6.77. The number of fused-ring (bicyclic) bond motifs is 3. The van der Waals surface area contributed by atoms with Crippen LogP contribution in [0.4, 0.5) is 0 Å². The molecule has 238 valence electrons. The van der Waals surface area contributed by atoms with Gasteiger partial charge in [-0.2, -0.15) is 0 Å². The van der Waals surface area contributed by atoms with E-state index in [-0.39, 0.29) is 19.3 Å². The molecule has 1 aliphatic heterocycles. The smallest absolute Gasteiger partial charge is 0.338 e. The Labute approximate surface area is 269 Å². The minimum Gasteiger partial charge on any atom is -0.493 e. The van der Waals surface area contributed by atoms with Gasteiger partial charge in [-0.3, -0.25) is 0 Å². The monoisotopic (exact) mass is 622 g/mol. The molecule has 0 spiro atoms. The maximum atomic E-state index is 13.6. The maximum absolute atomic E-state index is 13.6. The zero-order valence-corrected chi connectivity index (χ0v) is 26.5. The first-order valence-electron chi connectivity index (χ1n) is 15.1. The fourth-order valence-electron chi connectivity index (χ4n) is 5.36. The van der Waals surface area contributed by atoms with Crippen LogP contribution >= 0.6 is 0 Å². The number of hydrogen-bond donors (Lipinski definition) is 0. The molecule has 1 heterocycles. The summed E-state index contributed by atoms with van der Waals surface area (Å²) in [5, 5.41) is 1.48. The summed E-state index contributed by atoms with van der Waals surface area (Å²) >= 11 is 0. The number of methoxy groups -OCH3 is 2. The van der Waals surface area contributed by atoms with Crippen LogP contribution in [0.2, 0.25) is 0 Å². The Kier molecular flexibility index (Phi) is 10.1. The van der Waals surface area contributed by atoms with Crippen molar-refractivity contribution in [2.45, 2.75) is 32.0 Å². The van der Waals surface area contributed by atoms with Crippen LogP contribution in [0.1, 0.15) is 47.3 Å². The van der Waals surface area contributed by atoms with Crippen LogP contribution in [0.15, 0.2) is 97.1 Å². The molecule has 0 saturated heterocycles. The van der Waals surface area contributed by atoms with E-state index >= 15 is 0 Å². The lowest BCUT2D eigenvalue weighted by atomic mass is 9.82. The number of carbonyl (C=O) groups is 2. The molecule has 0 aliphatic carbocycles. The van der Waals surface area contributed by atoms with Gasteiger partial charge in [-0.05, 0) is 49.6 Å². The van der Waals surface area contributed by atoms with Crippen molar-refractivity contribution in [3.63, 3.8) is 0 Å². The molecule has 0 amide bonds. The van der Waals surface area contributed by atoms with Crippen LogP contribution in [0.25, 0.3) is 16.8 Å². The lowest BCUT2D eigenvalue weighted by Gasteiger charge is -2.37. The summed E-state index contributed by atoms with van der Waals surface area (Å²) < 4.78 is 34.8. The summed E-state index contributed by atoms with van der Waals surface area (Å²) in [6.45, 7) is 7.55. The quantitative estimate of drug-likeness (QED) is 0.0874. The summed E-state index contributed by atoms with van der Waals surface area (Å²) in [6.07, 6.45) is 4.09. The van der Waals surface area contributed by atoms with Gasteiger partial charge >= 0.3 is 11.9 Å². The topological polar surface area (TPSA) is 89.5 Å². The Bertz CT molecular complexity index is 1700. The van der Waals surface area contributed by atoms with Crippen molar-refractivity contribution in [1.82, 2.24) is 0 Å². The summed E-state index contributed by atoms with van der Waals surface area (Å²) in [7, 11) is 3.15. The van der Waals surface area contributed by atoms with Crippen molar-refractivity contribution < 1.29 is 38.0 Å². The largest absolute Gasteiger partial charge is 0.493 e. The number of ether oxygens (including phenoxy) is 6. The normalized spacial score (nSPS) is 13.7.